The predicted molar refractivity (Wildman–Crippen MR) is 98.2 cm³/mol. The molecule has 130 valence electrons. The van der Waals surface area contributed by atoms with E-state index in [1.54, 1.807) is 29.1 Å². The quantitative estimate of drug-likeness (QED) is 0.750. The highest BCUT2D eigenvalue weighted by Gasteiger charge is 2.36. The predicted octanol–water partition coefficient (Wildman–Crippen LogP) is 3.63. The molecular formula is C18H17Cl2N3O2. The number of carbonyl (C=O) groups excluding carboxylic acids is 2. The zero-order valence-electron chi connectivity index (χ0n) is 13.8. The van der Waals surface area contributed by atoms with Crippen molar-refractivity contribution in [3.05, 3.63) is 64.7 Å². The van der Waals surface area contributed by atoms with Crippen LogP contribution in [0.1, 0.15) is 24.1 Å². The lowest BCUT2D eigenvalue weighted by Crippen LogP contribution is -2.45. The van der Waals surface area contributed by atoms with Crippen molar-refractivity contribution >= 4 is 40.9 Å². The molecule has 5 nitrogen and oxygen atoms in total. The van der Waals surface area contributed by atoms with Crippen molar-refractivity contribution in [2.75, 3.05) is 18.5 Å². The van der Waals surface area contributed by atoms with E-state index in [0.717, 1.165) is 21.3 Å². The Balaban J connectivity index is 2.25. The Morgan fingerprint density at radius 1 is 1.20 bits per heavy atom. The maximum absolute atomic E-state index is 12.6. The number of benzene rings is 2. The molecule has 25 heavy (non-hydrogen) atoms. The van der Waals surface area contributed by atoms with E-state index in [0.29, 0.717) is 5.02 Å². The molecule has 0 bridgehead atoms. The lowest BCUT2D eigenvalue weighted by molar-refractivity contribution is -0.139. The second kappa shape index (κ2) is 7.04. The van der Waals surface area contributed by atoms with Gasteiger partial charge in [0, 0.05) is 42.0 Å². The highest BCUT2D eigenvalue weighted by atomic mass is 35.5. The summed E-state index contributed by atoms with van der Waals surface area (Å²) in [7, 11) is 1.70. The van der Waals surface area contributed by atoms with Gasteiger partial charge in [-0.15, -0.1) is 0 Å². The molecule has 1 aliphatic rings. The molecular weight excluding hydrogens is 361 g/mol. The van der Waals surface area contributed by atoms with Gasteiger partial charge in [0.15, 0.2) is 0 Å². The van der Waals surface area contributed by atoms with Gasteiger partial charge in [-0.05, 0) is 23.8 Å². The molecule has 7 heteroatoms. The van der Waals surface area contributed by atoms with Gasteiger partial charge in [0.1, 0.15) is 6.54 Å². The van der Waals surface area contributed by atoms with Crippen molar-refractivity contribution in [1.82, 2.24) is 9.54 Å². The Bertz CT molecular complexity index is 813. The molecule has 2 aromatic rings. The number of halogens is 2. The van der Waals surface area contributed by atoms with Crippen molar-refractivity contribution in [2.24, 2.45) is 0 Å². The summed E-state index contributed by atoms with van der Waals surface area (Å²) in [6.07, 6.45) is 0. The molecule has 0 aromatic heterocycles. The lowest BCUT2D eigenvalue weighted by Gasteiger charge is -2.34. The molecule has 0 saturated heterocycles. The molecule has 0 spiro atoms. The monoisotopic (exact) mass is 377 g/mol. The molecule has 0 radical (unpaired) electrons. The molecule has 0 saturated carbocycles. The van der Waals surface area contributed by atoms with Crippen LogP contribution < -0.4 is 4.90 Å². The summed E-state index contributed by atoms with van der Waals surface area (Å²) in [5.74, 6) is -0.544. The first-order chi connectivity index (χ1) is 11.9. The van der Waals surface area contributed by atoms with Gasteiger partial charge in [-0.3, -0.25) is 9.59 Å². The molecule has 1 aliphatic heterocycles. The van der Waals surface area contributed by atoms with Gasteiger partial charge in [-0.1, -0.05) is 41.9 Å². The zero-order valence-corrected chi connectivity index (χ0v) is 15.3. The number of amides is 2. The number of hydrogen-bond donors (Lipinski definition) is 0. The fourth-order valence-electron chi connectivity index (χ4n) is 3.01. The third-order valence-corrected chi connectivity index (χ3v) is 4.88. The zero-order chi connectivity index (χ0) is 18.1. The Morgan fingerprint density at radius 2 is 1.88 bits per heavy atom. The van der Waals surface area contributed by atoms with Crippen molar-refractivity contribution in [3.63, 3.8) is 0 Å². The van der Waals surface area contributed by atoms with E-state index in [9.17, 15) is 9.59 Å². The van der Waals surface area contributed by atoms with Crippen molar-refractivity contribution in [1.29, 1.82) is 0 Å². The summed E-state index contributed by atoms with van der Waals surface area (Å²) in [5.41, 5.74) is 2.44. The minimum atomic E-state index is -0.426. The first kappa shape index (κ1) is 17.7. The standard InChI is InChI=1S/C18H17Cl2N3O2/c1-12(24)23(20)22-11-17(25)21(2)16-9-8-14(19)10-15(16)18(22)13-6-4-3-5-7-13/h3-10,18H,11H2,1-2H3. The normalized spacial score (nSPS) is 17.8. The molecule has 1 atom stereocenters. The minimum absolute atomic E-state index is 0.0363. The maximum atomic E-state index is 12.6. The number of hydrazine groups is 1. The summed E-state index contributed by atoms with van der Waals surface area (Å²) in [4.78, 5) is 26.1. The number of nitrogens with zero attached hydrogens (tertiary/aromatic N) is 3. The van der Waals surface area contributed by atoms with Crippen LogP contribution in [0.25, 0.3) is 0 Å². The van der Waals surface area contributed by atoms with E-state index >= 15 is 0 Å². The van der Waals surface area contributed by atoms with Crippen LogP contribution in [0.15, 0.2) is 48.5 Å². The lowest BCUT2D eigenvalue weighted by atomic mass is 9.96. The highest BCUT2D eigenvalue weighted by Crippen LogP contribution is 2.39. The molecule has 2 aromatic carbocycles. The number of hydrogen-bond acceptors (Lipinski definition) is 3. The van der Waals surface area contributed by atoms with Gasteiger partial charge in [0.25, 0.3) is 0 Å². The fraction of sp³-hybridized carbons (Fsp3) is 0.222. The van der Waals surface area contributed by atoms with Crippen LogP contribution in [-0.2, 0) is 9.59 Å². The number of fused-ring (bicyclic) bond motifs is 1. The number of anilines is 1. The molecule has 3 rings (SSSR count). The Labute approximate surface area is 156 Å². The molecule has 0 N–H and O–H groups in total. The molecule has 1 heterocycles. The minimum Gasteiger partial charge on any atom is -0.314 e. The van der Waals surface area contributed by atoms with Crippen LogP contribution in [-0.4, -0.2) is 34.9 Å². The summed E-state index contributed by atoms with van der Waals surface area (Å²) in [5, 5.41) is 2.10. The van der Waals surface area contributed by atoms with Crippen molar-refractivity contribution in [2.45, 2.75) is 13.0 Å². The van der Waals surface area contributed by atoms with E-state index in [4.69, 9.17) is 23.4 Å². The van der Waals surface area contributed by atoms with Crippen molar-refractivity contribution in [3.8, 4) is 0 Å². The largest absolute Gasteiger partial charge is 0.314 e. The summed E-state index contributed by atoms with van der Waals surface area (Å²) in [6, 6.07) is 14.5. The third kappa shape index (κ3) is 3.35. The molecule has 0 aliphatic carbocycles. The Hall–Kier alpha value is -2.08. The number of rotatable bonds is 2. The van der Waals surface area contributed by atoms with E-state index in [1.165, 1.54) is 6.92 Å². The third-order valence-electron chi connectivity index (χ3n) is 4.22. The van der Waals surface area contributed by atoms with E-state index < -0.39 is 6.04 Å². The average Bonchev–Trinajstić information content (AvgIpc) is 2.70. The van der Waals surface area contributed by atoms with Gasteiger partial charge < -0.3 is 4.90 Å². The Morgan fingerprint density at radius 3 is 2.52 bits per heavy atom. The van der Waals surface area contributed by atoms with Crippen LogP contribution in [0.3, 0.4) is 0 Å². The first-order valence-electron chi connectivity index (χ1n) is 7.74. The van der Waals surface area contributed by atoms with Crippen LogP contribution in [0, 0.1) is 0 Å². The maximum Gasteiger partial charge on any atom is 0.248 e. The fourth-order valence-corrected chi connectivity index (χ4v) is 3.33. The summed E-state index contributed by atoms with van der Waals surface area (Å²) >= 11 is 12.5. The van der Waals surface area contributed by atoms with Crippen LogP contribution in [0.4, 0.5) is 5.69 Å². The van der Waals surface area contributed by atoms with Gasteiger partial charge in [0.2, 0.25) is 11.8 Å². The van der Waals surface area contributed by atoms with Crippen LogP contribution in [0.5, 0.6) is 0 Å². The smallest absolute Gasteiger partial charge is 0.248 e. The second-order valence-electron chi connectivity index (χ2n) is 5.85. The van der Waals surface area contributed by atoms with E-state index in [2.05, 4.69) is 0 Å². The highest BCUT2D eigenvalue weighted by molar-refractivity contribution is 6.30. The van der Waals surface area contributed by atoms with Crippen LogP contribution in [0.2, 0.25) is 5.02 Å². The summed E-state index contributed by atoms with van der Waals surface area (Å²) < 4.78 is 0.972. The molecule has 1 unspecified atom stereocenters. The average molecular weight is 378 g/mol. The van der Waals surface area contributed by atoms with Gasteiger partial charge in [-0.2, -0.15) is 9.54 Å². The Kier molecular flexibility index (Phi) is 4.99. The number of carbonyl (C=O) groups is 2. The molecule has 0 fully saturated rings. The van der Waals surface area contributed by atoms with Crippen molar-refractivity contribution < 1.29 is 9.59 Å². The number of likely N-dealkylation sites (N-methyl/N-ethyl adjacent to an activating group) is 1. The first-order valence-corrected chi connectivity index (χ1v) is 8.45. The van der Waals surface area contributed by atoms with Gasteiger partial charge in [-0.25, -0.2) is 0 Å². The topological polar surface area (TPSA) is 43.9 Å². The van der Waals surface area contributed by atoms with Gasteiger partial charge >= 0.3 is 0 Å². The van der Waals surface area contributed by atoms with Gasteiger partial charge in [0.05, 0.1) is 6.04 Å². The SMILES string of the molecule is CC(=O)N(Cl)N1CC(=O)N(C)c2ccc(Cl)cc2C1c1ccccc1. The summed E-state index contributed by atoms with van der Waals surface area (Å²) in [6.45, 7) is 1.32. The van der Waals surface area contributed by atoms with Crippen LogP contribution >= 0.6 is 23.4 Å². The second-order valence-corrected chi connectivity index (χ2v) is 6.60. The van der Waals surface area contributed by atoms with E-state index in [-0.39, 0.29) is 18.4 Å². The molecule has 2 amide bonds. The van der Waals surface area contributed by atoms with E-state index in [1.807, 2.05) is 36.4 Å².